The van der Waals surface area contributed by atoms with Crippen molar-refractivity contribution >= 4 is 0 Å². The highest BCUT2D eigenvalue weighted by Crippen LogP contribution is 2.52. The molecule has 3 rings (SSSR count). The van der Waals surface area contributed by atoms with Gasteiger partial charge in [0.2, 0.25) is 0 Å². The zero-order valence-corrected chi connectivity index (χ0v) is 10.4. The standard InChI is InChI=1S/C15H8F5O/c16-14(17,15(18,19)20)11-7-3-6-9-8-4-1-2-5-10(8)13(21)12(9)11/h1-7,13H. The molecule has 0 saturated heterocycles. The summed E-state index contributed by atoms with van der Waals surface area (Å²) < 4.78 is 65.1. The SMILES string of the molecule is [O]C1c2ccccc2-c2cccc(C(F)(F)C(F)(F)F)c21. The van der Waals surface area contributed by atoms with Crippen LogP contribution in [0, 0.1) is 0 Å². The van der Waals surface area contributed by atoms with Crippen LogP contribution in [0.4, 0.5) is 22.0 Å². The van der Waals surface area contributed by atoms with E-state index in [2.05, 4.69) is 0 Å². The van der Waals surface area contributed by atoms with E-state index in [1.54, 1.807) is 18.2 Å². The van der Waals surface area contributed by atoms with Crippen LogP contribution in [0.15, 0.2) is 42.5 Å². The molecule has 21 heavy (non-hydrogen) atoms. The van der Waals surface area contributed by atoms with Crippen LogP contribution >= 0.6 is 0 Å². The van der Waals surface area contributed by atoms with Gasteiger partial charge in [-0.2, -0.15) is 22.0 Å². The van der Waals surface area contributed by atoms with Gasteiger partial charge in [0.25, 0.3) is 0 Å². The van der Waals surface area contributed by atoms with E-state index >= 15 is 0 Å². The molecule has 0 N–H and O–H groups in total. The summed E-state index contributed by atoms with van der Waals surface area (Å²) in [5.41, 5.74) is -0.970. The van der Waals surface area contributed by atoms with Crippen LogP contribution in [-0.4, -0.2) is 6.18 Å². The van der Waals surface area contributed by atoms with Gasteiger partial charge in [-0.25, -0.2) is 5.11 Å². The number of hydrogen-bond donors (Lipinski definition) is 0. The molecule has 109 valence electrons. The average Bonchev–Trinajstić information content (AvgIpc) is 2.72. The van der Waals surface area contributed by atoms with Crippen molar-refractivity contribution in [2.75, 3.05) is 0 Å². The predicted octanol–water partition coefficient (Wildman–Crippen LogP) is 4.84. The first-order chi connectivity index (χ1) is 9.75. The number of halogens is 5. The number of rotatable bonds is 1. The third-order valence-electron chi connectivity index (χ3n) is 3.60. The minimum atomic E-state index is -5.74. The first-order valence-corrected chi connectivity index (χ1v) is 6.08. The van der Waals surface area contributed by atoms with Crippen molar-refractivity contribution in [3.63, 3.8) is 0 Å². The molecular formula is C15H8F5O. The Balaban J connectivity index is 2.27. The number of hydrogen-bond acceptors (Lipinski definition) is 0. The minimum Gasteiger partial charge on any atom is -0.223 e. The van der Waals surface area contributed by atoms with Gasteiger partial charge in [-0.15, -0.1) is 0 Å². The van der Waals surface area contributed by atoms with E-state index in [9.17, 15) is 27.1 Å². The lowest BCUT2D eigenvalue weighted by Crippen LogP contribution is -2.34. The molecule has 2 aromatic carbocycles. The molecule has 1 atom stereocenters. The molecule has 1 aliphatic carbocycles. The van der Waals surface area contributed by atoms with Crippen molar-refractivity contribution in [1.82, 2.24) is 0 Å². The summed E-state index contributed by atoms with van der Waals surface area (Å²) in [5.74, 6) is -5.05. The van der Waals surface area contributed by atoms with Crippen LogP contribution in [-0.2, 0) is 11.0 Å². The molecule has 1 nitrogen and oxygen atoms in total. The van der Waals surface area contributed by atoms with Crippen molar-refractivity contribution in [3.8, 4) is 11.1 Å². The fourth-order valence-electron chi connectivity index (χ4n) is 2.64. The highest BCUT2D eigenvalue weighted by Gasteiger charge is 2.60. The van der Waals surface area contributed by atoms with E-state index in [1.165, 1.54) is 12.1 Å². The van der Waals surface area contributed by atoms with Crippen molar-refractivity contribution in [2.24, 2.45) is 0 Å². The zero-order chi connectivity index (χ0) is 15.4. The average molecular weight is 299 g/mol. The summed E-state index contributed by atoms with van der Waals surface area (Å²) in [5, 5.41) is 12.3. The Morgan fingerprint density at radius 3 is 2.10 bits per heavy atom. The molecule has 0 aliphatic heterocycles. The van der Waals surface area contributed by atoms with Crippen LogP contribution in [0.2, 0.25) is 0 Å². The summed E-state index contributed by atoms with van der Waals surface area (Å²) in [6.07, 6.45) is -7.47. The van der Waals surface area contributed by atoms with E-state index < -0.39 is 29.3 Å². The van der Waals surface area contributed by atoms with Crippen LogP contribution in [0.5, 0.6) is 0 Å². The van der Waals surface area contributed by atoms with E-state index in [4.69, 9.17) is 0 Å². The Bertz CT molecular complexity index is 705. The second kappa shape index (κ2) is 4.27. The Hall–Kier alpha value is -1.95. The summed E-state index contributed by atoms with van der Waals surface area (Å²) in [7, 11) is 0. The molecule has 0 spiro atoms. The minimum absolute atomic E-state index is 0.145. The largest absolute Gasteiger partial charge is 0.458 e. The third-order valence-corrected chi connectivity index (χ3v) is 3.60. The molecule has 6 heteroatoms. The van der Waals surface area contributed by atoms with Gasteiger partial charge in [0.15, 0.2) is 0 Å². The highest BCUT2D eigenvalue weighted by molar-refractivity contribution is 5.79. The second-order valence-corrected chi connectivity index (χ2v) is 4.81. The van der Waals surface area contributed by atoms with E-state index in [0.29, 0.717) is 11.6 Å². The Morgan fingerprint density at radius 1 is 0.810 bits per heavy atom. The maximum atomic E-state index is 13.7. The van der Waals surface area contributed by atoms with Crippen LogP contribution in [0.3, 0.4) is 0 Å². The van der Waals surface area contributed by atoms with Crippen molar-refractivity contribution in [3.05, 3.63) is 59.2 Å². The van der Waals surface area contributed by atoms with Crippen LogP contribution < -0.4 is 0 Å². The van der Waals surface area contributed by atoms with Crippen molar-refractivity contribution < 1.29 is 27.1 Å². The van der Waals surface area contributed by atoms with Gasteiger partial charge in [-0.3, -0.25) is 0 Å². The first kappa shape index (κ1) is 14.0. The second-order valence-electron chi connectivity index (χ2n) is 4.81. The van der Waals surface area contributed by atoms with Gasteiger partial charge in [-0.1, -0.05) is 42.5 Å². The normalized spacial score (nSPS) is 17.5. The third kappa shape index (κ3) is 1.86. The quantitative estimate of drug-likeness (QED) is 0.671. The molecule has 0 saturated carbocycles. The lowest BCUT2D eigenvalue weighted by Gasteiger charge is -2.23. The van der Waals surface area contributed by atoms with Crippen molar-refractivity contribution in [2.45, 2.75) is 18.2 Å². The molecule has 0 bridgehead atoms. The smallest absolute Gasteiger partial charge is 0.223 e. The van der Waals surface area contributed by atoms with Gasteiger partial charge in [-0.05, 0) is 16.7 Å². The van der Waals surface area contributed by atoms with Gasteiger partial charge < -0.3 is 0 Å². The van der Waals surface area contributed by atoms with Crippen LogP contribution in [0.1, 0.15) is 22.8 Å². The Kier molecular flexibility index (Phi) is 2.85. The molecule has 2 aromatic rings. The lowest BCUT2D eigenvalue weighted by molar-refractivity contribution is -0.289. The van der Waals surface area contributed by atoms with E-state index in [-0.39, 0.29) is 11.1 Å². The zero-order valence-electron chi connectivity index (χ0n) is 10.4. The topological polar surface area (TPSA) is 19.9 Å². The van der Waals surface area contributed by atoms with Gasteiger partial charge in [0.1, 0.15) is 6.10 Å². The molecular weight excluding hydrogens is 291 g/mol. The maximum Gasteiger partial charge on any atom is 0.458 e. The summed E-state index contributed by atoms with van der Waals surface area (Å²) >= 11 is 0. The fraction of sp³-hybridized carbons (Fsp3) is 0.200. The highest BCUT2D eigenvalue weighted by atomic mass is 19.4. The Morgan fingerprint density at radius 2 is 1.43 bits per heavy atom. The lowest BCUT2D eigenvalue weighted by atomic mass is 9.95. The molecule has 1 radical (unpaired) electrons. The summed E-state index contributed by atoms with van der Waals surface area (Å²) in [4.78, 5) is 0. The fourth-order valence-corrected chi connectivity index (χ4v) is 2.64. The number of alkyl halides is 5. The van der Waals surface area contributed by atoms with E-state index in [0.717, 1.165) is 6.07 Å². The molecule has 1 aliphatic rings. The summed E-state index contributed by atoms with van der Waals surface area (Å²) in [6.45, 7) is 0. The molecule has 1 unspecified atom stereocenters. The van der Waals surface area contributed by atoms with Gasteiger partial charge >= 0.3 is 12.1 Å². The number of fused-ring (bicyclic) bond motifs is 3. The molecule has 0 amide bonds. The molecule has 0 aromatic heterocycles. The maximum absolute atomic E-state index is 13.7. The molecule has 0 fully saturated rings. The van der Waals surface area contributed by atoms with Gasteiger partial charge in [0, 0.05) is 11.1 Å². The number of benzene rings is 2. The summed E-state index contributed by atoms with van der Waals surface area (Å²) in [6, 6.07) is 9.32. The first-order valence-electron chi connectivity index (χ1n) is 6.08. The van der Waals surface area contributed by atoms with Crippen LogP contribution in [0.25, 0.3) is 11.1 Å². The monoisotopic (exact) mass is 299 g/mol. The Labute approximate surface area is 116 Å². The predicted molar refractivity (Wildman–Crippen MR) is 64.4 cm³/mol. The molecule has 0 heterocycles. The van der Waals surface area contributed by atoms with E-state index in [1.807, 2.05) is 0 Å². The van der Waals surface area contributed by atoms with Crippen molar-refractivity contribution in [1.29, 1.82) is 0 Å². The van der Waals surface area contributed by atoms with Gasteiger partial charge in [0.05, 0.1) is 0 Å².